The molecule has 6 nitrogen and oxygen atoms in total. The van der Waals surface area contributed by atoms with Crippen molar-refractivity contribution in [1.29, 1.82) is 0 Å². The molecule has 1 aromatic heterocycles. The van der Waals surface area contributed by atoms with Gasteiger partial charge >= 0.3 is 0 Å². The highest BCUT2D eigenvalue weighted by atomic mass is 16.2. The highest BCUT2D eigenvalue weighted by Crippen LogP contribution is 2.17. The normalized spacial score (nSPS) is 10.2. The van der Waals surface area contributed by atoms with Crippen LogP contribution in [0.25, 0.3) is 0 Å². The van der Waals surface area contributed by atoms with Crippen LogP contribution in [-0.4, -0.2) is 16.8 Å². The molecule has 0 saturated heterocycles. The van der Waals surface area contributed by atoms with Gasteiger partial charge in [-0.05, 0) is 60.5 Å². The summed E-state index contributed by atoms with van der Waals surface area (Å²) in [5.74, 6) is 0.275. The molecule has 0 radical (unpaired) electrons. The van der Waals surface area contributed by atoms with Crippen LogP contribution in [0.3, 0.4) is 0 Å². The lowest BCUT2D eigenvalue weighted by Crippen LogP contribution is -2.12. The molecule has 3 rings (SSSR count). The lowest BCUT2D eigenvalue weighted by atomic mass is 10.1. The molecule has 3 N–H and O–H groups in total. The third-order valence-electron chi connectivity index (χ3n) is 4.12. The van der Waals surface area contributed by atoms with Gasteiger partial charge in [0.05, 0.1) is 5.56 Å². The summed E-state index contributed by atoms with van der Waals surface area (Å²) < 4.78 is 0. The third-order valence-corrected chi connectivity index (χ3v) is 4.12. The summed E-state index contributed by atoms with van der Waals surface area (Å²) in [6.07, 6.45) is 2.53. The summed E-state index contributed by atoms with van der Waals surface area (Å²) in [7, 11) is 0. The summed E-state index contributed by atoms with van der Waals surface area (Å²) >= 11 is 0. The number of aromatic nitrogens is 1. The predicted octanol–water partition coefficient (Wildman–Crippen LogP) is 4.60. The summed E-state index contributed by atoms with van der Waals surface area (Å²) in [6.45, 7) is 3.56. The first-order chi connectivity index (χ1) is 13.5. The average molecular weight is 374 g/mol. The predicted molar refractivity (Wildman–Crippen MR) is 112 cm³/mol. The van der Waals surface area contributed by atoms with E-state index in [0.717, 1.165) is 12.1 Å². The summed E-state index contributed by atoms with van der Waals surface area (Å²) in [5, 5.41) is 8.70. The van der Waals surface area contributed by atoms with Crippen LogP contribution in [-0.2, 0) is 11.2 Å². The number of pyridine rings is 1. The molecule has 0 unspecified atom stereocenters. The van der Waals surface area contributed by atoms with Gasteiger partial charge in [0.25, 0.3) is 5.91 Å². The van der Waals surface area contributed by atoms with Crippen LogP contribution in [0.4, 0.5) is 22.9 Å². The molecule has 0 aliphatic heterocycles. The maximum Gasteiger partial charge on any atom is 0.257 e. The summed E-state index contributed by atoms with van der Waals surface area (Å²) in [4.78, 5) is 27.7. The molecular weight excluding hydrogens is 352 g/mol. The lowest BCUT2D eigenvalue weighted by Gasteiger charge is -2.09. The molecule has 0 aliphatic rings. The second kappa shape index (κ2) is 8.81. The smallest absolute Gasteiger partial charge is 0.257 e. The first-order valence-electron chi connectivity index (χ1n) is 9.04. The van der Waals surface area contributed by atoms with Crippen molar-refractivity contribution in [2.75, 3.05) is 16.0 Å². The number of anilines is 4. The molecule has 0 atom stereocenters. The molecule has 28 heavy (non-hydrogen) atoms. The van der Waals surface area contributed by atoms with Crippen LogP contribution in [0.1, 0.15) is 29.8 Å². The van der Waals surface area contributed by atoms with E-state index >= 15 is 0 Å². The summed E-state index contributed by atoms with van der Waals surface area (Å²) in [6, 6.07) is 18.6. The quantitative estimate of drug-likeness (QED) is 0.589. The zero-order chi connectivity index (χ0) is 19.9. The molecule has 2 aromatic carbocycles. The maximum absolute atomic E-state index is 12.4. The Bertz CT molecular complexity index is 949. The topological polar surface area (TPSA) is 83.1 Å². The molecule has 0 bridgehead atoms. The molecule has 3 aromatic rings. The Labute approximate surface area is 164 Å². The van der Waals surface area contributed by atoms with E-state index in [1.807, 2.05) is 12.1 Å². The van der Waals surface area contributed by atoms with E-state index in [2.05, 4.69) is 40.0 Å². The van der Waals surface area contributed by atoms with Gasteiger partial charge in [-0.15, -0.1) is 0 Å². The number of carbonyl (C=O) groups is 2. The largest absolute Gasteiger partial charge is 0.340 e. The number of carbonyl (C=O) groups excluding carboxylic acids is 2. The van der Waals surface area contributed by atoms with E-state index in [9.17, 15) is 9.59 Å². The SMILES string of the molecule is CCc1ccc(Nc2ccc(C(=O)Nc3ccc(NC(C)=O)cc3)cn2)cc1. The van der Waals surface area contributed by atoms with Gasteiger partial charge in [0.15, 0.2) is 0 Å². The number of aryl methyl sites for hydroxylation is 1. The standard InChI is InChI=1S/C22H22N4O2/c1-3-16-4-7-19(8-5-16)25-21-13-6-17(14-23-21)22(28)26-20-11-9-18(10-12-20)24-15(2)27/h4-14H,3H2,1-2H3,(H,23,25)(H,24,27)(H,26,28). The van der Waals surface area contributed by atoms with E-state index in [4.69, 9.17) is 0 Å². The van der Waals surface area contributed by atoms with Crippen molar-refractivity contribution in [3.63, 3.8) is 0 Å². The number of amides is 2. The van der Waals surface area contributed by atoms with E-state index in [0.29, 0.717) is 22.8 Å². The molecule has 1 heterocycles. The van der Waals surface area contributed by atoms with Crippen LogP contribution in [0, 0.1) is 0 Å². The average Bonchev–Trinajstić information content (AvgIpc) is 2.70. The number of benzene rings is 2. The van der Waals surface area contributed by atoms with Gasteiger partial charge in [-0.2, -0.15) is 0 Å². The van der Waals surface area contributed by atoms with Crippen molar-refractivity contribution >= 4 is 34.7 Å². The first kappa shape index (κ1) is 19.1. The second-order valence-electron chi connectivity index (χ2n) is 6.32. The van der Waals surface area contributed by atoms with Gasteiger partial charge in [-0.1, -0.05) is 19.1 Å². The minimum atomic E-state index is -0.251. The highest BCUT2D eigenvalue weighted by molar-refractivity contribution is 6.04. The molecular formula is C22H22N4O2. The Kier molecular flexibility index (Phi) is 6.01. The number of hydrogen-bond donors (Lipinski definition) is 3. The monoisotopic (exact) mass is 374 g/mol. The number of rotatable bonds is 6. The van der Waals surface area contributed by atoms with Crippen LogP contribution in [0.2, 0.25) is 0 Å². The number of nitrogens with zero attached hydrogens (tertiary/aromatic N) is 1. The molecule has 0 aliphatic carbocycles. The fourth-order valence-electron chi connectivity index (χ4n) is 2.62. The van der Waals surface area contributed by atoms with E-state index in [-0.39, 0.29) is 11.8 Å². The Balaban J connectivity index is 1.60. The molecule has 2 amide bonds. The number of nitrogens with one attached hydrogen (secondary N) is 3. The molecule has 0 spiro atoms. The second-order valence-corrected chi connectivity index (χ2v) is 6.32. The van der Waals surface area contributed by atoms with Crippen molar-refractivity contribution in [1.82, 2.24) is 4.98 Å². The minimum absolute atomic E-state index is 0.141. The van der Waals surface area contributed by atoms with Gasteiger partial charge in [-0.25, -0.2) is 4.98 Å². The zero-order valence-electron chi connectivity index (χ0n) is 15.8. The van der Waals surface area contributed by atoms with Gasteiger partial charge < -0.3 is 16.0 Å². The highest BCUT2D eigenvalue weighted by Gasteiger charge is 2.07. The van der Waals surface area contributed by atoms with Crippen LogP contribution >= 0.6 is 0 Å². The Hall–Kier alpha value is -3.67. The minimum Gasteiger partial charge on any atom is -0.340 e. The molecule has 0 fully saturated rings. The van der Waals surface area contributed by atoms with Gasteiger partial charge in [0.1, 0.15) is 5.82 Å². The van der Waals surface area contributed by atoms with Crippen molar-refractivity contribution in [2.24, 2.45) is 0 Å². The van der Waals surface area contributed by atoms with Crippen molar-refractivity contribution < 1.29 is 9.59 Å². The summed E-state index contributed by atoms with van der Waals surface area (Å²) in [5.41, 5.74) is 3.99. The van der Waals surface area contributed by atoms with E-state index < -0.39 is 0 Å². The van der Waals surface area contributed by atoms with Crippen molar-refractivity contribution in [3.05, 3.63) is 78.0 Å². The van der Waals surface area contributed by atoms with Crippen LogP contribution in [0.15, 0.2) is 66.9 Å². The fourth-order valence-corrected chi connectivity index (χ4v) is 2.62. The first-order valence-corrected chi connectivity index (χ1v) is 9.04. The Morgan fingerprint density at radius 3 is 1.96 bits per heavy atom. The molecule has 142 valence electrons. The van der Waals surface area contributed by atoms with Crippen LogP contribution < -0.4 is 16.0 Å². The third kappa shape index (κ3) is 5.17. The zero-order valence-corrected chi connectivity index (χ0v) is 15.8. The van der Waals surface area contributed by atoms with Crippen molar-refractivity contribution in [3.8, 4) is 0 Å². The van der Waals surface area contributed by atoms with E-state index in [1.165, 1.54) is 18.7 Å². The van der Waals surface area contributed by atoms with Gasteiger partial charge in [-0.3, -0.25) is 9.59 Å². The Morgan fingerprint density at radius 1 is 0.821 bits per heavy atom. The Morgan fingerprint density at radius 2 is 1.43 bits per heavy atom. The molecule has 6 heteroatoms. The number of hydrogen-bond acceptors (Lipinski definition) is 4. The van der Waals surface area contributed by atoms with Gasteiger partial charge in [0, 0.05) is 30.2 Å². The fraction of sp³-hybridized carbons (Fsp3) is 0.136. The molecule has 0 saturated carbocycles. The van der Waals surface area contributed by atoms with Crippen molar-refractivity contribution in [2.45, 2.75) is 20.3 Å². The maximum atomic E-state index is 12.4. The lowest BCUT2D eigenvalue weighted by molar-refractivity contribution is -0.114. The van der Waals surface area contributed by atoms with E-state index in [1.54, 1.807) is 36.4 Å². The van der Waals surface area contributed by atoms with Gasteiger partial charge in [0.2, 0.25) is 5.91 Å². The van der Waals surface area contributed by atoms with Crippen LogP contribution in [0.5, 0.6) is 0 Å².